The van der Waals surface area contributed by atoms with Crippen LogP contribution in [0.1, 0.15) is 56.1 Å². The molecular weight excluding hydrogens is 475 g/mol. The van der Waals surface area contributed by atoms with Gasteiger partial charge in [0.25, 0.3) is 5.91 Å². The predicted molar refractivity (Wildman–Crippen MR) is 116 cm³/mol. The van der Waals surface area contributed by atoms with Crippen molar-refractivity contribution < 1.29 is 36.6 Å². The summed E-state index contributed by atoms with van der Waals surface area (Å²) in [5.74, 6) is -7.20. The van der Waals surface area contributed by atoms with Crippen molar-refractivity contribution in [1.29, 1.82) is 0 Å². The lowest BCUT2D eigenvalue weighted by Crippen LogP contribution is -2.24. The minimum absolute atomic E-state index is 0.0108. The lowest BCUT2D eigenvalue weighted by Gasteiger charge is -2.13. The summed E-state index contributed by atoms with van der Waals surface area (Å²) in [6.07, 6.45) is -4.82. The monoisotopic (exact) mass is 496 g/mol. The molecule has 0 spiro atoms. The van der Waals surface area contributed by atoms with Crippen LogP contribution in [0.3, 0.4) is 0 Å². The van der Waals surface area contributed by atoms with Gasteiger partial charge in [0, 0.05) is 12.1 Å². The Labute approximate surface area is 196 Å². The number of rotatable bonds is 6. The number of aryl methyl sites for hydroxylation is 2. The van der Waals surface area contributed by atoms with Gasteiger partial charge in [-0.25, -0.2) is 18.3 Å². The fourth-order valence-corrected chi connectivity index (χ4v) is 3.47. The number of nitrogen functional groups attached to an aromatic ring is 1. The maximum Gasteiger partial charge on any atom is 0.397 e. The molecule has 2 aromatic carbocycles. The summed E-state index contributed by atoms with van der Waals surface area (Å²) in [7, 11) is 0. The molecule has 4 N–H and O–H groups in total. The molecule has 0 saturated carbocycles. The maximum atomic E-state index is 14.9. The van der Waals surface area contributed by atoms with Gasteiger partial charge in [0.2, 0.25) is 0 Å². The highest BCUT2D eigenvalue weighted by molar-refractivity contribution is 5.95. The lowest BCUT2D eigenvalue weighted by atomic mass is 10.0. The molecule has 0 aliphatic heterocycles. The average Bonchev–Trinajstić information content (AvgIpc) is 3.08. The van der Waals surface area contributed by atoms with Gasteiger partial charge in [-0.3, -0.25) is 4.79 Å². The van der Waals surface area contributed by atoms with Crippen LogP contribution in [0, 0.1) is 25.5 Å². The predicted octanol–water partition coefficient (Wildman–Crippen LogP) is 4.64. The van der Waals surface area contributed by atoms with Crippen molar-refractivity contribution in [2.75, 3.05) is 5.73 Å². The molecule has 0 aliphatic rings. The van der Waals surface area contributed by atoms with Gasteiger partial charge in [0.1, 0.15) is 5.69 Å². The van der Waals surface area contributed by atoms with Crippen LogP contribution >= 0.6 is 0 Å². The topological polar surface area (TPSA) is 110 Å². The van der Waals surface area contributed by atoms with Crippen LogP contribution in [0.15, 0.2) is 30.3 Å². The fourth-order valence-electron chi connectivity index (χ4n) is 3.47. The summed E-state index contributed by atoms with van der Waals surface area (Å²) in [5.41, 5.74) is 3.73. The van der Waals surface area contributed by atoms with Crippen LogP contribution in [0.25, 0.3) is 5.69 Å². The summed E-state index contributed by atoms with van der Waals surface area (Å²) in [6.45, 7) is 3.95. The average molecular weight is 496 g/mol. The van der Waals surface area contributed by atoms with Crippen LogP contribution in [-0.4, -0.2) is 32.9 Å². The zero-order valence-electron chi connectivity index (χ0n) is 18.8. The van der Waals surface area contributed by atoms with Crippen LogP contribution in [0.4, 0.5) is 27.6 Å². The first-order chi connectivity index (χ1) is 16.2. The maximum absolute atomic E-state index is 14.9. The number of nitrogens with two attached hydrogens (primary N) is 1. The van der Waals surface area contributed by atoms with E-state index in [1.165, 1.54) is 0 Å². The number of halogens is 5. The highest BCUT2D eigenvalue weighted by atomic mass is 19.4. The van der Waals surface area contributed by atoms with E-state index in [0.29, 0.717) is 18.1 Å². The number of carboxylic acids is 1. The molecule has 1 heterocycles. The van der Waals surface area contributed by atoms with Gasteiger partial charge in [-0.2, -0.15) is 18.3 Å². The van der Waals surface area contributed by atoms with Crippen LogP contribution in [0.2, 0.25) is 0 Å². The number of nitrogens with zero attached hydrogens (tertiary/aromatic N) is 2. The molecule has 0 bridgehead atoms. The van der Waals surface area contributed by atoms with Gasteiger partial charge in [-0.05, 0) is 50.1 Å². The van der Waals surface area contributed by atoms with Crippen LogP contribution in [0.5, 0.6) is 0 Å². The lowest BCUT2D eigenvalue weighted by molar-refractivity contribution is -0.147. The quantitative estimate of drug-likeness (QED) is 0.431. The van der Waals surface area contributed by atoms with E-state index >= 15 is 0 Å². The normalized spacial score (nSPS) is 12.5. The van der Waals surface area contributed by atoms with Crippen molar-refractivity contribution in [3.05, 3.63) is 75.6 Å². The Morgan fingerprint density at radius 2 is 1.74 bits per heavy atom. The summed E-state index contributed by atoms with van der Waals surface area (Å²) < 4.78 is 69.5. The third-order valence-corrected chi connectivity index (χ3v) is 5.43. The van der Waals surface area contributed by atoms with E-state index in [1.807, 2.05) is 6.07 Å². The molecule has 7 nitrogen and oxygen atoms in total. The molecule has 1 atom stereocenters. The number of carbonyl (C=O) groups is 2. The van der Waals surface area contributed by atoms with E-state index in [1.54, 1.807) is 26.0 Å². The molecule has 35 heavy (non-hydrogen) atoms. The van der Waals surface area contributed by atoms with Crippen molar-refractivity contribution in [1.82, 2.24) is 15.1 Å². The van der Waals surface area contributed by atoms with Gasteiger partial charge < -0.3 is 16.2 Å². The van der Waals surface area contributed by atoms with Crippen LogP contribution in [-0.2, 0) is 6.54 Å². The Balaban J connectivity index is 1.96. The fraction of sp³-hybridized carbons (Fsp3) is 0.261. The zero-order valence-corrected chi connectivity index (χ0v) is 18.8. The number of carboxylic acid groups (broad SMARTS) is 1. The molecule has 0 saturated heterocycles. The highest BCUT2D eigenvalue weighted by Gasteiger charge is 2.42. The Kier molecular flexibility index (Phi) is 6.86. The summed E-state index contributed by atoms with van der Waals surface area (Å²) in [6, 6.07) is 6.87. The Bertz CT molecular complexity index is 1290. The first kappa shape index (κ1) is 25.7. The second-order valence-corrected chi connectivity index (χ2v) is 8.04. The van der Waals surface area contributed by atoms with E-state index in [2.05, 4.69) is 10.4 Å². The molecule has 1 aromatic heterocycles. The standard InChI is InChI=1S/C23H21F5N4O3/c1-10-4-5-11(2)14(6-10)21(33)30-9-13-7-15(24)19(16(25)8-13)32-20(22(34)35)17(29)18(31-32)12(3)23(26,27)28/h4-8,12H,9,29H2,1-3H3,(H,30,33)(H,34,35). The smallest absolute Gasteiger partial charge is 0.397 e. The molecule has 0 fully saturated rings. The van der Waals surface area contributed by atoms with Crippen molar-refractivity contribution in [2.45, 2.75) is 39.4 Å². The van der Waals surface area contributed by atoms with E-state index in [4.69, 9.17) is 5.73 Å². The Morgan fingerprint density at radius 3 is 2.29 bits per heavy atom. The summed E-state index contributed by atoms with van der Waals surface area (Å²) in [4.78, 5) is 24.1. The molecule has 12 heteroatoms. The number of anilines is 1. The SMILES string of the molecule is Cc1ccc(C)c(C(=O)NCc2cc(F)c(-n3nc(C(C)C(F)(F)F)c(N)c3C(=O)O)c(F)c2)c1. The van der Waals surface area contributed by atoms with E-state index in [0.717, 1.165) is 17.7 Å². The molecular formula is C23H21F5N4O3. The Hall–Kier alpha value is -3.96. The van der Waals surface area contributed by atoms with Crippen LogP contribution < -0.4 is 11.1 Å². The molecule has 0 aliphatic carbocycles. The molecule has 1 unspecified atom stereocenters. The van der Waals surface area contributed by atoms with Gasteiger partial charge in [-0.1, -0.05) is 17.7 Å². The number of aromatic carboxylic acids is 1. The van der Waals surface area contributed by atoms with Gasteiger partial charge >= 0.3 is 12.1 Å². The second kappa shape index (κ2) is 9.35. The highest BCUT2D eigenvalue weighted by Crippen LogP contribution is 2.38. The zero-order chi connectivity index (χ0) is 26.2. The number of hydrogen-bond donors (Lipinski definition) is 3. The van der Waals surface area contributed by atoms with Crippen molar-refractivity contribution in [2.24, 2.45) is 0 Å². The number of hydrogen-bond acceptors (Lipinski definition) is 4. The molecule has 1 amide bonds. The molecule has 0 radical (unpaired) electrons. The number of aromatic nitrogens is 2. The minimum atomic E-state index is -4.82. The summed E-state index contributed by atoms with van der Waals surface area (Å²) >= 11 is 0. The number of alkyl halides is 3. The number of nitrogens with one attached hydrogen (secondary N) is 1. The van der Waals surface area contributed by atoms with E-state index in [-0.39, 0.29) is 16.8 Å². The molecule has 186 valence electrons. The van der Waals surface area contributed by atoms with Gasteiger partial charge in [0.05, 0.1) is 17.3 Å². The third kappa shape index (κ3) is 5.10. The minimum Gasteiger partial charge on any atom is -0.476 e. The van der Waals surface area contributed by atoms with Gasteiger partial charge in [-0.15, -0.1) is 0 Å². The first-order valence-corrected chi connectivity index (χ1v) is 10.2. The van der Waals surface area contributed by atoms with Gasteiger partial charge in [0.15, 0.2) is 17.3 Å². The summed E-state index contributed by atoms with van der Waals surface area (Å²) in [5, 5.41) is 15.5. The Morgan fingerprint density at radius 1 is 1.14 bits per heavy atom. The van der Waals surface area contributed by atoms with E-state index < -0.39 is 58.4 Å². The first-order valence-electron chi connectivity index (χ1n) is 10.2. The molecule has 3 aromatic rings. The van der Waals surface area contributed by atoms with E-state index in [9.17, 15) is 36.6 Å². The van der Waals surface area contributed by atoms with Crippen molar-refractivity contribution in [3.8, 4) is 5.69 Å². The number of benzene rings is 2. The number of carbonyl (C=O) groups excluding carboxylic acids is 1. The van der Waals surface area contributed by atoms with Crippen molar-refractivity contribution >= 4 is 17.6 Å². The van der Waals surface area contributed by atoms with Crippen molar-refractivity contribution in [3.63, 3.8) is 0 Å². The number of amides is 1. The largest absolute Gasteiger partial charge is 0.476 e. The second-order valence-electron chi connectivity index (χ2n) is 8.04. The third-order valence-electron chi connectivity index (χ3n) is 5.43. The molecule has 3 rings (SSSR count).